The molecule has 2 heterocycles. The zero-order chi connectivity index (χ0) is 20.5. The maximum atomic E-state index is 12.9. The van der Waals surface area contributed by atoms with Crippen LogP contribution >= 0.6 is 23.2 Å². The van der Waals surface area contributed by atoms with Crippen molar-refractivity contribution in [2.24, 2.45) is 0 Å². The number of carbonyl (C=O) groups is 1. The molecule has 0 aliphatic heterocycles. The number of hydrogen-bond acceptors (Lipinski definition) is 6. The van der Waals surface area contributed by atoms with Gasteiger partial charge in [0.05, 0.1) is 11.7 Å². The van der Waals surface area contributed by atoms with Gasteiger partial charge in [-0.25, -0.2) is 4.98 Å². The minimum absolute atomic E-state index is 0.0742. The molecule has 1 aliphatic rings. The number of ether oxygens (including phenoxy) is 1. The number of fused-ring (bicyclic) bond motifs is 1. The van der Waals surface area contributed by atoms with E-state index in [9.17, 15) is 9.59 Å². The van der Waals surface area contributed by atoms with Crippen LogP contribution in [0.4, 0.5) is 11.5 Å². The van der Waals surface area contributed by atoms with Gasteiger partial charge in [0.1, 0.15) is 5.02 Å². The monoisotopic (exact) mass is 433 g/mol. The van der Waals surface area contributed by atoms with Crippen molar-refractivity contribution in [2.75, 3.05) is 19.0 Å². The van der Waals surface area contributed by atoms with E-state index in [-0.39, 0.29) is 35.1 Å². The lowest BCUT2D eigenvalue weighted by Crippen LogP contribution is -2.28. The number of rotatable bonds is 6. The van der Waals surface area contributed by atoms with Crippen LogP contribution in [0.5, 0.6) is 5.75 Å². The third-order valence-electron chi connectivity index (χ3n) is 4.53. The standard InChI is InChI=1S/C19H17Cl2N5O3/c1-22-16(27)9-29-15-7-10-6-11(24-17-13(20)8-23-19(21)25-17)2-5-14(10)26(18(15)28)12-3-4-12/h2,5-8,12H,3-4,9H2,1H3,(H,22,27)(H,23,24,25). The Morgan fingerprint density at radius 1 is 1.31 bits per heavy atom. The molecule has 1 aromatic carbocycles. The molecule has 1 aliphatic carbocycles. The zero-order valence-corrected chi connectivity index (χ0v) is 16.9. The number of amides is 1. The van der Waals surface area contributed by atoms with Gasteiger partial charge in [0, 0.05) is 24.2 Å². The first-order chi connectivity index (χ1) is 14.0. The largest absolute Gasteiger partial charge is 0.478 e. The van der Waals surface area contributed by atoms with Gasteiger partial charge in [0.25, 0.3) is 11.5 Å². The van der Waals surface area contributed by atoms with Gasteiger partial charge in [-0.05, 0) is 48.7 Å². The summed E-state index contributed by atoms with van der Waals surface area (Å²) in [5, 5.41) is 6.76. The highest BCUT2D eigenvalue weighted by molar-refractivity contribution is 6.33. The molecule has 0 spiro atoms. The van der Waals surface area contributed by atoms with Crippen LogP contribution in [0, 0.1) is 0 Å². The van der Waals surface area contributed by atoms with Crippen molar-refractivity contribution in [3.05, 3.63) is 51.1 Å². The molecular weight excluding hydrogens is 417 g/mol. The molecule has 4 rings (SSSR count). The SMILES string of the molecule is CNC(=O)COc1cc2cc(Nc3nc(Cl)ncc3Cl)ccc2n(C2CC2)c1=O. The van der Waals surface area contributed by atoms with E-state index in [1.807, 2.05) is 18.2 Å². The quantitative estimate of drug-likeness (QED) is 0.578. The number of halogens is 2. The summed E-state index contributed by atoms with van der Waals surface area (Å²) in [4.78, 5) is 32.3. The average Bonchev–Trinajstić information content (AvgIpc) is 3.54. The van der Waals surface area contributed by atoms with Gasteiger partial charge in [-0.3, -0.25) is 9.59 Å². The second kappa shape index (κ2) is 7.88. The number of hydrogen-bond donors (Lipinski definition) is 2. The summed E-state index contributed by atoms with van der Waals surface area (Å²) in [5.74, 6) is 0.194. The molecule has 3 aromatic rings. The Kier molecular flexibility index (Phi) is 5.29. The van der Waals surface area contributed by atoms with Gasteiger partial charge in [-0.15, -0.1) is 0 Å². The van der Waals surface area contributed by atoms with Crippen molar-refractivity contribution in [1.29, 1.82) is 0 Å². The maximum Gasteiger partial charge on any atom is 0.293 e. The fourth-order valence-corrected chi connectivity index (χ4v) is 3.25. The highest BCUT2D eigenvalue weighted by atomic mass is 35.5. The normalized spacial score (nSPS) is 13.3. The van der Waals surface area contributed by atoms with Crippen LogP contribution in [-0.2, 0) is 4.79 Å². The molecule has 0 atom stereocenters. The first kappa shape index (κ1) is 19.5. The number of pyridine rings is 1. The number of aromatic nitrogens is 3. The summed E-state index contributed by atoms with van der Waals surface area (Å²) in [5.41, 5.74) is 1.25. The molecule has 2 aromatic heterocycles. The van der Waals surface area contributed by atoms with Gasteiger partial charge in [-0.2, -0.15) is 4.98 Å². The lowest BCUT2D eigenvalue weighted by atomic mass is 10.1. The van der Waals surface area contributed by atoms with E-state index in [0.717, 1.165) is 23.7 Å². The molecule has 8 nitrogen and oxygen atoms in total. The second-order valence-corrected chi connectivity index (χ2v) is 7.36. The topological polar surface area (TPSA) is 98.1 Å². The van der Waals surface area contributed by atoms with E-state index in [1.165, 1.54) is 13.2 Å². The van der Waals surface area contributed by atoms with Crippen molar-refractivity contribution < 1.29 is 9.53 Å². The molecule has 1 fully saturated rings. The highest BCUT2D eigenvalue weighted by Crippen LogP contribution is 2.37. The summed E-state index contributed by atoms with van der Waals surface area (Å²) in [6.07, 6.45) is 3.28. The third-order valence-corrected chi connectivity index (χ3v) is 4.99. The highest BCUT2D eigenvalue weighted by Gasteiger charge is 2.27. The minimum atomic E-state index is -0.312. The number of carbonyl (C=O) groups excluding carboxylic acids is 1. The van der Waals surface area contributed by atoms with E-state index in [0.29, 0.717) is 16.5 Å². The minimum Gasteiger partial charge on any atom is -0.478 e. The first-order valence-corrected chi connectivity index (χ1v) is 9.69. The molecule has 10 heteroatoms. The smallest absolute Gasteiger partial charge is 0.293 e. The van der Waals surface area contributed by atoms with Crippen LogP contribution in [-0.4, -0.2) is 34.1 Å². The van der Waals surface area contributed by atoms with Gasteiger partial charge in [0.15, 0.2) is 18.2 Å². The fraction of sp³-hybridized carbons (Fsp3) is 0.263. The molecule has 0 unspecified atom stereocenters. The van der Waals surface area contributed by atoms with Crippen LogP contribution < -0.4 is 20.9 Å². The third kappa shape index (κ3) is 4.13. The van der Waals surface area contributed by atoms with Crippen LogP contribution in [0.25, 0.3) is 10.9 Å². The van der Waals surface area contributed by atoms with Crippen LogP contribution in [0.2, 0.25) is 10.3 Å². The Morgan fingerprint density at radius 2 is 2.10 bits per heavy atom. The summed E-state index contributed by atoms with van der Waals surface area (Å²) < 4.78 is 7.21. The van der Waals surface area contributed by atoms with Crippen LogP contribution in [0.15, 0.2) is 35.3 Å². The van der Waals surface area contributed by atoms with Crippen molar-refractivity contribution in [2.45, 2.75) is 18.9 Å². The molecule has 150 valence electrons. The van der Waals surface area contributed by atoms with Gasteiger partial charge in [-0.1, -0.05) is 11.6 Å². The number of nitrogens with zero attached hydrogens (tertiary/aromatic N) is 3. The van der Waals surface area contributed by atoms with E-state index in [4.69, 9.17) is 27.9 Å². The number of anilines is 2. The molecule has 0 saturated heterocycles. The number of likely N-dealkylation sites (N-methyl/N-ethyl adjacent to an activating group) is 1. The zero-order valence-electron chi connectivity index (χ0n) is 15.4. The predicted molar refractivity (Wildman–Crippen MR) is 111 cm³/mol. The molecule has 0 bridgehead atoms. The lowest BCUT2D eigenvalue weighted by Gasteiger charge is -2.14. The number of nitrogens with one attached hydrogen (secondary N) is 2. The number of benzene rings is 1. The second-order valence-electron chi connectivity index (χ2n) is 6.61. The van der Waals surface area contributed by atoms with Gasteiger partial charge >= 0.3 is 0 Å². The Labute approximate surface area is 175 Å². The van der Waals surface area contributed by atoms with Crippen LogP contribution in [0.1, 0.15) is 18.9 Å². The lowest BCUT2D eigenvalue weighted by molar-refractivity contribution is -0.122. The Bertz CT molecular complexity index is 1160. The Balaban J connectivity index is 1.74. The molecule has 29 heavy (non-hydrogen) atoms. The maximum absolute atomic E-state index is 12.9. The molecule has 1 amide bonds. The van der Waals surface area contributed by atoms with E-state index < -0.39 is 0 Å². The average molecular weight is 434 g/mol. The summed E-state index contributed by atoms with van der Waals surface area (Å²) in [7, 11) is 1.51. The van der Waals surface area contributed by atoms with Gasteiger partial charge in [0.2, 0.25) is 5.28 Å². The van der Waals surface area contributed by atoms with Crippen molar-refractivity contribution in [3.8, 4) is 5.75 Å². The summed E-state index contributed by atoms with van der Waals surface area (Å²) in [6.45, 7) is -0.227. The van der Waals surface area contributed by atoms with Crippen molar-refractivity contribution >= 4 is 51.5 Å². The van der Waals surface area contributed by atoms with Crippen molar-refractivity contribution in [1.82, 2.24) is 19.9 Å². The summed E-state index contributed by atoms with van der Waals surface area (Å²) >= 11 is 12.0. The summed E-state index contributed by atoms with van der Waals surface area (Å²) in [6, 6.07) is 7.32. The Hall–Kier alpha value is -2.84. The van der Waals surface area contributed by atoms with Crippen LogP contribution in [0.3, 0.4) is 0 Å². The van der Waals surface area contributed by atoms with E-state index in [1.54, 1.807) is 10.6 Å². The molecule has 1 saturated carbocycles. The van der Waals surface area contributed by atoms with E-state index >= 15 is 0 Å². The fourth-order valence-electron chi connectivity index (χ4n) is 2.98. The predicted octanol–water partition coefficient (Wildman–Crippen LogP) is 3.30. The van der Waals surface area contributed by atoms with E-state index in [2.05, 4.69) is 20.6 Å². The first-order valence-electron chi connectivity index (χ1n) is 8.94. The van der Waals surface area contributed by atoms with Crippen molar-refractivity contribution in [3.63, 3.8) is 0 Å². The molecular formula is C19H17Cl2N5O3. The molecule has 0 radical (unpaired) electrons. The van der Waals surface area contributed by atoms with Gasteiger partial charge < -0.3 is 19.9 Å². The Morgan fingerprint density at radius 3 is 2.83 bits per heavy atom. The molecule has 2 N–H and O–H groups in total.